The van der Waals surface area contributed by atoms with Crippen LogP contribution in [-0.2, 0) is 27.3 Å². The third kappa shape index (κ3) is 4.99. The molecule has 0 saturated heterocycles. The van der Waals surface area contributed by atoms with Crippen molar-refractivity contribution in [3.8, 4) is 22.5 Å². The summed E-state index contributed by atoms with van der Waals surface area (Å²) in [6.45, 7) is 0.358. The average Bonchev–Trinajstić information content (AvgIpc) is 2.95. The van der Waals surface area contributed by atoms with E-state index in [1.165, 1.54) is 18.9 Å². The summed E-state index contributed by atoms with van der Waals surface area (Å²) in [4.78, 5) is 32.1. The molecule has 7 nitrogen and oxygen atoms in total. The van der Waals surface area contributed by atoms with Gasteiger partial charge in [-0.2, -0.15) is 0 Å². The SMILES string of the molecule is COC(=O)[C@@H]1Cc2ccccc2CN1C(=O)CSc1nnc(-c2ccccc2)c(-c2ccccc2)n1. The first kappa shape index (κ1) is 23.7. The van der Waals surface area contributed by atoms with Gasteiger partial charge in [0.15, 0.2) is 0 Å². The fourth-order valence-electron chi connectivity index (χ4n) is 4.30. The van der Waals surface area contributed by atoms with Crippen molar-refractivity contribution >= 4 is 23.6 Å². The minimum Gasteiger partial charge on any atom is -0.467 e. The number of hydrogen-bond acceptors (Lipinski definition) is 7. The number of nitrogens with zero attached hydrogens (tertiary/aromatic N) is 4. The molecule has 0 unspecified atom stereocenters. The van der Waals surface area contributed by atoms with Gasteiger partial charge < -0.3 is 9.64 Å². The van der Waals surface area contributed by atoms with Gasteiger partial charge in [-0.25, -0.2) is 9.78 Å². The van der Waals surface area contributed by atoms with Crippen LogP contribution < -0.4 is 0 Å². The second-order valence-electron chi connectivity index (χ2n) is 8.35. The summed E-state index contributed by atoms with van der Waals surface area (Å²) in [5.74, 6) is -0.516. The molecular weight excluding hydrogens is 472 g/mol. The molecule has 180 valence electrons. The van der Waals surface area contributed by atoms with Crippen molar-refractivity contribution in [3.63, 3.8) is 0 Å². The van der Waals surface area contributed by atoms with Gasteiger partial charge in [-0.05, 0) is 11.1 Å². The predicted octanol–water partition coefficient (Wildman–Crippen LogP) is 4.42. The highest BCUT2D eigenvalue weighted by Crippen LogP contribution is 2.30. The molecule has 0 aliphatic carbocycles. The van der Waals surface area contributed by atoms with Gasteiger partial charge in [-0.3, -0.25) is 4.79 Å². The van der Waals surface area contributed by atoms with Crippen LogP contribution in [0.5, 0.6) is 0 Å². The summed E-state index contributed by atoms with van der Waals surface area (Å²) in [5.41, 5.74) is 5.30. The lowest BCUT2D eigenvalue weighted by Crippen LogP contribution is -2.49. The topological polar surface area (TPSA) is 85.3 Å². The maximum atomic E-state index is 13.3. The molecule has 0 fully saturated rings. The highest BCUT2D eigenvalue weighted by molar-refractivity contribution is 7.99. The second-order valence-corrected chi connectivity index (χ2v) is 9.29. The van der Waals surface area contributed by atoms with Crippen LogP contribution in [0.3, 0.4) is 0 Å². The third-order valence-electron chi connectivity index (χ3n) is 6.13. The van der Waals surface area contributed by atoms with Crippen LogP contribution in [0.15, 0.2) is 90.1 Å². The van der Waals surface area contributed by atoms with E-state index in [0.29, 0.717) is 29.5 Å². The number of hydrogen-bond donors (Lipinski definition) is 0. The summed E-state index contributed by atoms with van der Waals surface area (Å²) in [7, 11) is 1.35. The molecule has 1 aromatic heterocycles. The zero-order chi connectivity index (χ0) is 24.9. The summed E-state index contributed by atoms with van der Waals surface area (Å²) in [6.07, 6.45) is 0.432. The Balaban J connectivity index is 1.39. The Hall–Kier alpha value is -4.04. The number of carbonyl (C=O) groups excluding carboxylic acids is 2. The molecule has 0 saturated carbocycles. The Morgan fingerprint density at radius 1 is 0.861 bits per heavy atom. The van der Waals surface area contributed by atoms with E-state index >= 15 is 0 Å². The van der Waals surface area contributed by atoms with Crippen molar-refractivity contribution in [1.82, 2.24) is 20.1 Å². The number of fused-ring (bicyclic) bond motifs is 1. The largest absolute Gasteiger partial charge is 0.467 e. The summed E-state index contributed by atoms with van der Waals surface area (Å²) in [6, 6.07) is 26.8. The van der Waals surface area contributed by atoms with Gasteiger partial charge in [0.25, 0.3) is 0 Å². The van der Waals surface area contributed by atoms with Gasteiger partial charge in [0, 0.05) is 24.1 Å². The van der Waals surface area contributed by atoms with Crippen molar-refractivity contribution < 1.29 is 14.3 Å². The van der Waals surface area contributed by atoms with Gasteiger partial charge in [-0.1, -0.05) is 96.7 Å². The van der Waals surface area contributed by atoms with Crippen molar-refractivity contribution in [3.05, 3.63) is 96.1 Å². The zero-order valence-electron chi connectivity index (χ0n) is 19.7. The number of methoxy groups -OCH3 is 1. The minimum atomic E-state index is -0.655. The van der Waals surface area contributed by atoms with Crippen LogP contribution in [0.25, 0.3) is 22.5 Å². The van der Waals surface area contributed by atoms with Gasteiger partial charge in [0.1, 0.15) is 17.4 Å². The van der Waals surface area contributed by atoms with E-state index in [2.05, 4.69) is 10.2 Å². The smallest absolute Gasteiger partial charge is 0.328 e. The highest BCUT2D eigenvalue weighted by atomic mass is 32.2. The Labute approximate surface area is 213 Å². The van der Waals surface area contributed by atoms with E-state index in [4.69, 9.17) is 9.72 Å². The number of thioether (sulfide) groups is 1. The quantitative estimate of drug-likeness (QED) is 0.288. The van der Waals surface area contributed by atoms with E-state index in [-0.39, 0.29) is 11.7 Å². The Kier molecular flexibility index (Phi) is 7.04. The molecule has 3 aromatic carbocycles. The second kappa shape index (κ2) is 10.7. The van der Waals surface area contributed by atoms with Crippen molar-refractivity contribution in [2.24, 2.45) is 0 Å². The molecule has 1 amide bonds. The Morgan fingerprint density at radius 3 is 2.14 bits per heavy atom. The normalized spacial score (nSPS) is 14.7. The summed E-state index contributed by atoms with van der Waals surface area (Å²) < 4.78 is 4.99. The fourth-order valence-corrected chi connectivity index (χ4v) is 4.97. The minimum absolute atomic E-state index is 0.0796. The number of rotatable bonds is 6. The van der Waals surface area contributed by atoms with E-state index in [0.717, 1.165) is 22.3 Å². The first-order valence-electron chi connectivity index (χ1n) is 11.6. The number of ether oxygens (including phenoxy) is 1. The molecule has 0 N–H and O–H groups in total. The molecule has 1 atom stereocenters. The number of carbonyl (C=O) groups is 2. The Bertz CT molecular complexity index is 1380. The Morgan fingerprint density at radius 2 is 1.47 bits per heavy atom. The summed E-state index contributed by atoms with van der Waals surface area (Å²) in [5, 5.41) is 9.17. The maximum absolute atomic E-state index is 13.3. The predicted molar refractivity (Wildman–Crippen MR) is 138 cm³/mol. The maximum Gasteiger partial charge on any atom is 0.328 e. The van der Waals surface area contributed by atoms with Crippen LogP contribution in [0.1, 0.15) is 11.1 Å². The molecule has 5 rings (SSSR count). The van der Waals surface area contributed by atoms with Crippen LogP contribution in [0, 0.1) is 0 Å². The lowest BCUT2D eigenvalue weighted by Gasteiger charge is -2.35. The molecule has 1 aliphatic heterocycles. The number of benzene rings is 3. The van der Waals surface area contributed by atoms with Gasteiger partial charge in [0.2, 0.25) is 11.1 Å². The number of esters is 1. The molecule has 2 heterocycles. The van der Waals surface area contributed by atoms with Crippen molar-refractivity contribution in [1.29, 1.82) is 0 Å². The van der Waals surface area contributed by atoms with E-state index in [1.807, 2.05) is 84.9 Å². The van der Waals surface area contributed by atoms with Crippen molar-refractivity contribution in [2.45, 2.75) is 24.2 Å². The van der Waals surface area contributed by atoms with Crippen LogP contribution in [-0.4, -0.2) is 50.9 Å². The average molecular weight is 497 g/mol. The molecule has 8 heteroatoms. The van der Waals surface area contributed by atoms with Crippen LogP contribution in [0.2, 0.25) is 0 Å². The molecule has 0 bridgehead atoms. The highest BCUT2D eigenvalue weighted by Gasteiger charge is 2.35. The van der Waals surface area contributed by atoms with E-state index < -0.39 is 12.0 Å². The monoisotopic (exact) mass is 496 g/mol. The number of amides is 1. The number of aromatic nitrogens is 3. The summed E-state index contributed by atoms with van der Waals surface area (Å²) >= 11 is 1.21. The molecule has 1 aliphatic rings. The standard InChI is InChI=1S/C28H24N4O3S/c1-35-27(34)23-16-21-14-8-9-15-22(21)17-32(23)24(33)18-36-28-29-25(19-10-4-2-5-11-19)26(30-31-28)20-12-6-3-7-13-20/h2-15,23H,16-18H2,1H3/t23-/m0/s1. The molecule has 0 radical (unpaired) electrons. The lowest BCUT2D eigenvalue weighted by molar-refractivity contribution is -0.153. The molecule has 4 aromatic rings. The molecule has 0 spiro atoms. The van der Waals surface area contributed by atoms with Gasteiger partial charge in [0.05, 0.1) is 12.9 Å². The van der Waals surface area contributed by atoms with Gasteiger partial charge >= 0.3 is 5.97 Å². The van der Waals surface area contributed by atoms with Crippen LogP contribution >= 0.6 is 11.8 Å². The van der Waals surface area contributed by atoms with Gasteiger partial charge in [-0.15, -0.1) is 10.2 Å². The molecular formula is C28H24N4O3S. The third-order valence-corrected chi connectivity index (χ3v) is 6.95. The van der Waals surface area contributed by atoms with Crippen LogP contribution in [0.4, 0.5) is 0 Å². The first-order valence-corrected chi connectivity index (χ1v) is 12.5. The fraction of sp³-hybridized carbons (Fsp3) is 0.179. The zero-order valence-corrected chi connectivity index (χ0v) is 20.5. The first-order chi connectivity index (χ1) is 17.6. The van der Waals surface area contributed by atoms with E-state index in [9.17, 15) is 9.59 Å². The lowest BCUT2D eigenvalue weighted by atomic mass is 9.94. The van der Waals surface area contributed by atoms with Crippen molar-refractivity contribution in [2.75, 3.05) is 12.9 Å². The van der Waals surface area contributed by atoms with E-state index in [1.54, 1.807) is 4.90 Å². The molecule has 36 heavy (non-hydrogen) atoms.